The van der Waals surface area contributed by atoms with Gasteiger partial charge in [0.2, 0.25) is 11.6 Å². The van der Waals surface area contributed by atoms with Gasteiger partial charge in [-0.1, -0.05) is 11.8 Å². The minimum Gasteiger partial charge on any atom is -0.430 e. The maximum absolute atomic E-state index is 13.2. The fourth-order valence-electron chi connectivity index (χ4n) is 1.70. The Balaban J connectivity index is 2.07. The van der Waals surface area contributed by atoms with E-state index in [9.17, 15) is 14.5 Å². The number of hydrogen-bond acceptors (Lipinski definition) is 8. The molecule has 22 heavy (non-hydrogen) atoms. The van der Waals surface area contributed by atoms with Gasteiger partial charge in [0.25, 0.3) is 0 Å². The van der Waals surface area contributed by atoms with Crippen molar-refractivity contribution in [2.75, 3.05) is 6.26 Å². The van der Waals surface area contributed by atoms with Crippen LogP contribution in [-0.4, -0.2) is 26.1 Å². The van der Waals surface area contributed by atoms with Crippen LogP contribution in [0.1, 0.15) is 0 Å². The molecule has 3 aromatic rings. The number of nitro groups is 1. The Bertz CT molecular complexity index is 871. The van der Waals surface area contributed by atoms with Crippen LogP contribution in [0.15, 0.2) is 28.9 Å². The van der Waals surface area contributed by atoms with E-state index in [-0.39, 0.29) is 11.6 Å². The molecule has 0 fully saturated rings. The van der Waals surface area contributed by atoms with Crippen LogP contribution in [0, 0.1) is 15.9 Å². The Morgan fingerprint density at radius 2 is 2.23 bits per heavy atom. The number of aromatic nitrogens is 3. The summed E-state index contributed by atoms with van der Waals surface area (Å²) in [5.74, 6) is -0.655. The molecule has 0 aliphatic heterocycles. The lowest BCUT2D eigenvalue weighted by atomic mass is 10.3. The highest BCUT2D eigenvalue weighted by molar-refractivity contribution is 8.00. The maximum atomic E-state index is 13.2. The topological polar surface area (TPSA) is 91.0 Å². The molecule has 0 unspecified atom stereocenters. The van der Waals surface area contributed by atoms with E-state index in [4.69, 9.17) is 4.74 Å². The molecule has 0 amide bonds. The summed E-state index contributed by atoms with van der Waals surface area (Å²) >= 11 is 2.76. The number of thioether (sulfide) groups is 1. The summed E-state index contributed by atoms with van der Waals surface area (Å²) in [4.78, 5) is 22.6. The number of nitro benzene ring substituents is 1. The predicted molar refractivity (Wildman–Crippen MR) is 80.1 cm³/mol. The molecular weight excluding hydrogens is 331 g/mol. The van der Waals surface area contributed by atoms with Crippen LogP contribution >= 0.6 is 23.1 Å². The molecule has 0 saturated heterocycles. The molecule has 0 saturated carbocycles. The Morgan fingerprint density at radius 1 is 1.41 bits per heavy atom. The second-order valence-electron chi connectivity index (χ2n) is 3.99. The summed E-state index contributed by atoms with van der Waals surface area (Å²) in [6, 6.07) is 3.08. The van der Waals surface area contributed by atoms with Crippen LogP contribution in [0.4, 0.5) is 10.1 Å². The molecule has 2 heterocycles. The van der Waals surface area contributed by atoms with Gasteiger partial charge in [0, 0.05) is 0 Å². The van der Waals surface area contributed by atoms with E-state index < -0.39 is 16.4 Å². The zero-order valence-corrected chi connectivity index (χ0v) is 12.7. The van der Waals surface area contributed by atoms with Crippen molar-refractivity contribution in [1.82, 2.24) is 15.0 Å². The highest BCUT2D eigenvalue weighted by Gasteiger charge is 2.19. The van der Waals surface area contributed by atoms with Crippen LogP contribution < -0.4 is 4.74 Å². The van der Waals surface area contributed by atoms with E-state index in [1.165, 1.54) is 35.5 Å². The van der Waals surface area contributed by atoms with E-state index in [2.05, 4.69) is 15.0 Å². The quantitative estimate of drug-likeness (QED) is 0.407. The fraction of sp³-hybridized carbons (Fsp3) is 0.0833. The van der Waals surface area contributed by atoms with Crippen LogP contribution in [0.25, 0.3) is 10.3 Å². The molecule has 0 spiro atoms. The summed E-state index contributed by atoms with van der Waals surface area (Å²) in [7, 11) is 0. The average molecular weight is 338 g/mol. The van der Waals surface area contributed by atoms with Crippen molar-refractivity contribution in [1.29, 1.82) is 0 Å². The van der Waals surface area contributed by atoms with Crippen molar-refractivity contribution in [2.45, 2.75) is 4.34 Å². The normalized spacial score (nSPS) is 10.8. The average Bonchev–Trinajstić information content (AvgIpc) is 2.93. The summed E-state index contributed by atoms with van der Waals surface area (Å²) in [5, 5.41) is 11.0. The smallest absolute Gasteiger partial charge is 0.314 e. The van der Waals surface area contributed by atoms with Crippen molar-refractivity contribution < 1.29 is 14.1 Å². The second-order valence-corrected chi connectivity index (χ2v) is 6.04. The highest BCUT2D eigenvalue weighted by atomic mass is 32.2. The first-order valence-electron chi connectivity index (χ1n) is 5.86. The molecule has 112 valence electrons. The van der Waals surface area contributed by atoms with Gasteiger partial charge in [-0.05, 0) is 18.4 Å². The van der Waals surface area contributed by atoms with Gasteiger partial charge in [0.1, 0.15) is 16.8 Å². The lowest BCUT2D eigenvalue weighted by molar-refractivity contribution is -0.385. The van der Waals surface area contributed by atoms with Crippen molar-refractivity contribution in [2.24, 2.45) is 0 Å². The van der Waals surface area contributed by atoms with Gasteiger partial charge in [-0.3, -0.25) is 10.1 Å². The van der Waals surface area contributed by atoms with Gasteiger partial charge >= 0.3 is 5.69 Å². The lowest BCUT2D eigenvalue weighted by Crippen LogP contribution is -1.96. The summed E-state index contributed by atoms with van der Waals surface area (Å²) in [6.45, 7) is 0. The summed E-state index contributed by atoms with van der Waals surface area (Å²) < 4.78 is 20.0. The van der Waals surface area contributed by atoms with Crippen LogP contribution in [0.5, 0.6) is 11.6 Å². The Morgan fingerprint density at radius 3 is 2.95 bits per heavy atom. The van der Waals surface area contributed by atoms with Gasteiger partial charge in [0.15, 0.2) is 9.99 Å². The molecule has 0 atom stereocenters. The molecule has 0 aliphatic rings. The van der Waals surface area contributed by atoms with Gasteiger partial charge in [-0.15, -0.1) is 11.3 Å². The molecule has 1 aromatic carbocycles. The van der Waals surface area contributed by atoms with Crippen LogP contribution in [-0.2, 0) is 0 Å². The van der Waals surface area contributed by atoms with Crippen molar-refractivity contribution in [3.05, 3.63) is 40.5 Å². The third-order valence-corrected chi connectivity index (χ3v) is 4.66. The third-order valence-electron chi connectivity index (χ3n) is 2.64. The summed E-state index contributed by atoms with van der Waals surface area (Å²) in [6.07, 6.45) is 3.13. The van der Waals surface area contributed by atoms with E-state index in [1.807, 2.05) is 6.26 Å². The first-order chi connectivity index (χ1) is 10.6. The number of thiazole rings is 1. The number of nitrogens with zero attached hydrogens (tertiary/aromatic N) is 4. The number of fused-ring (bicyclic) bond motifs is 1. The first-order valence-corrected chi connectivity index (χ1v) is 7.90. The highest BCUT2D eigenvalue weighted by Crippen LogP contribution is 2.37. The van der Waals surface area contributed by atoms with Gasteiger partial charge in [0.05, 0.1) is 11.0 Å². The van der Waals surface area contributed by atoms with E-state index in [0.717, 1.165) is 16.5 Å². The molecule has 0 N–H and O–H groups in total. The fourth-order valence-corrected chi connectivity index (χ4v) is 3.14. The molecule has 7 nitrogen and oxygen atoms in total. The van der Waals surface area contributed by atoms with Crippen LogP contribution in [0.3, 0.4) is 0 Å². The minimum absolute atomic E-state index is 0.0921. The van der Waals surface area contributed by atoms with Crippen molar-refractivity contribution in [3.8, 4) is 11.6 Å². The standard InChI is InChI=1S/C12H7FN4O3S2/c1-21-12-16-10-9(22-12)11(15-5-14-10)20-8-3-2-6(13)4-7(8)17(18)19/h2-5H,1H3. The number of rotatable bonds is 4. The third kappa shape index (κ3) is 2.70. The molecule has 0 aliphatic carbocycles. The summed E-state index contributed by atoms with van der Waals surface area (Å²) in [5.41, 5.74) is -0.0227. The molecule has 0 radical (unpaired) electrons. The minimum atomic E-state index is -0.714. The zero-order chi connectivity index (χ0) is 15.7. The number of hydrogen-bond donors (Lipinski definition) is 0. The Labute approximate surface area is 131 Å². The number of ether oxygens (including phenoxy) is 1. The van der Waals surface area contributed by atoms with Gasteiger partial charge in [-0.25, -0.2) is 19.3 Å². The first kappa shape index (κ1) is 14.6. The SMILES string of the molecule is CSc1nc2ncnc(Oc3ccc(F)cc3[N+](=O)[O-])c2s1. The van der Waals surface area contributed by atoms with E-state index in [0.29, 0.717) is 10.3 Å². The van der Waals surface area contributed by atoms with Crippen molar-refractivity contribution >= 4 is 39.1 Å². The molecular formula is C12H7FN4O3S2. The zero-order valence-electron chi connectivity index (χ0n) is 11.0. The van der Waals surface area contributed by atoms with Crippen LogP contribution in [0.2, 0.25) is 0 Å². The molecule has 2 aromatic heterocycles. The molecule has 3 rings (SSSR count). The Kier molecular flexibility index (Phi) is 3.86. The maximum Gasteiger partial charge on any atom is 0.314 e. The van der Waals surface area contributed by atoms with Gasteiger partial charge in [-0.2, -0.15) is 0 Å². The van der Waals surface area contributed by atoms with Gasteiger partial charge < -0.3 is 4.74 Å². The number of benzene rings is 1. The number of halogens is 1. The van der Waals surface area contributed by atoms with Crippen molar-refractivity contribution in [3.63, 3.8) is 0 Å². The van der Waals surface area contributed by atoms with E-state index in [1.54, 1.807) is 0 Å². The largest absolute Gasteiger partial charge is 0.430 e. The second kappa shape index (κ2) is 5.81. The monoisotopic (exact) mass is 338 g/mol. The molecule has 10 heteroatoms. The lowest BCUT2D eigenvalue weighted by Gasteiger charge is -2.05. The Hall–Kier alpha value is -2.33. The van der Waals surface area contributed by atoms with E-state index >= 15 is 0 Å². The molecule has 0 bridgehead atoms. The predicted octanol–water partition coefficient (Wildman–Crippen LogP) is 3.65.